The Morgan fingerprint density at radius 3 is 2.13 bits per heavy atom. The van der Waals surface area contributed by atoms with Gasteiger partial charge in [-0.3, -0.25) is 4.79 Å². The Morgan fingerprint density at radius 2 is 1.48 bits per heavy atom. The molecule has 0 fully saturated rings. The molecule has 31 heavy (non-hydrogen) atoms. The topological polar surface area (TPSA) is 66.0 Å². The fraction of sp³-hybridized carbons (Fsp3) is 0.240. The van der Waals surface area contributed by atoms with Crippen LogP contribution in [0.25, 0.3) is 0 Å². The highest BCUT2D eigenvalue weighted by atomic mass is 16.6. The average molecular weight is 419 g/mol. The smallest absolute Gasteiger partial charge is 0.251 e. The maximum Gasteiger partial charge on any atom is 0.251 e. The molecular weight excluding hydrogens is 394 g/mol. The van der Waals surface area contributed by atoms with E-state index in [-0.39, 0.29) is 11.9 Å². The Labute approximate surface area is 181 Å². The van der Waals surface area contributed by atoms with E-state index in [1.54, 1.807) is 32.4 Å². The van der Waals surface area contributed by atoms with E-state index in [4.69, 9.17) is 18.9 Å². The first-order valence-electron chi connectivity index (χ1n) is 10.1. The van der Waals surface area contributed by atoms with E-state index in [9.17, 15) is 4.79 Å². The minimum atomic E-state index is -0.222. The number of methoxy groups -OCH3 is 2. The van der Waals surface area contributed by atoms with Gasteiger partial charge in [-0.1, -0.05) is 24.3 Å². The molecule has 0 spiro atoms. The lowest BCUT2D eigenvalue weighted by Gasteiger charge is -2.22. The predicted molar refractivity (Wildman–Crippen MR) is 117 cm³/mol. The van der Waals surface area contributed by atoms with Crippen LogP contribution in [0.3, 0.4) is 0 Å². The van der Waals surface area contributed by atoms with Crippen molar-refractivity contribution in [1.29, 1.82) is 0 Å². The number of rotatable bonds is 7. The molecule has 6 nitrogen and oxygen atoms in total. The standard InChI is InChI=1S/C25H25NO5/c1-28-20-8-3-17(4-9-20)15-22(18-5-10-21(29-2)11-6-18)26-25(27)19-7-12-23-24(16-19)31-14-13-30-23/h3-12,16,22H,13-15H2,1-2H3,(H,26,27)/t22-/m0/s1. The van der Waals surface area contributed by atoms with Crippen LogP contribution in [0.15, 0.2) is 66.7 Å². The molecule has 3 aromatic rings. The van der Waals surface area contributed by atoms with E-state index >= 15 is 0 Å². The summed E-state index contributed by atoms with van der Waals surface area (Å²) in [6.45, 7) is 0.990. The van der Waals surface area contributed by atoms with Crippen molar-refractivity contribution in [2.75, 3.05) is 27.4 Å². The molecule has 0 saturated carbocycles. The van der Waals surface area contributed by atoms with Gasteiger partial charge in [0.2, 0.25) is 0 Å². The van der Waals surface area contributed by atoms with Gasteiger partial charge in [0.25, 0.3) is 5.91 Å². The minimum absolute atomic E-state index is 0.175. The van der Waals surface area contributed by atoms with Crippen molar-refractivity contribution >= 4 is 5.91 Å². The molecule has 1 aliphatic rings. The van der Waals surface area contributed by atoms with Gasteiger partial charge in [0.15, 0.2) is 11.5 Å². The van der Waals surface area contributed by atoms with Crippen LogP contribution >= 0.6 is 0 Å². The van der Waals surface area contributed by atoms with Crippen LogP contribution in [-0.2, 0) is 6.42 Å². The highest BCUT2D eigenvalue weighted by Gasteiger charge is 2.19. The summed E-state index contributed by atoms with van der Waals surface area (Å²) >= 11 is 0. The Bertz CT molecular complexity index is 1030. The molecule has 0 aliphatic carbocycles. The van der Waals surface area contributed by atoms with Crippen molar-refractivity contribution in [3.05, 3.63) is 83.4 Å². The van der Waals surface area contributed by atoms with E-state index < -0.39 is 0 Å². The fourth-order valence-corrected chi connectivity index (χ4v) is 3.51. The van der Waals surface area contributed by atoms with Crippen LogP contribution in [0.1, 0.15) is 27.5 Å². The number of amides is 1. The van der Waals surface area contributed by atoms with Crippen LogP contribution in [0.4, 0.5) is 0 Å². The maximum atomic E-state index is 13.1. The first-order chi connectivity index (χ1) is 15.2. The largest absolute Gasteiger partial charge is 0.497 e. The molecule has 160 valence electrons. The molecule has 0 aromatic heterocycles. The lowest BCUT2D eigenvalue weighted by atomic mass is 9.98. The number of ether oxygens (including phenoxy) is 4. The summed E-state index contributed by atoms with van der Waals surface area (Å²) in [5.74, 6) is 2.64. The minimum Gasteiger partial charge on any atom is -0.497 e. The predicted octanol–water partition coefficient (Wildman–Crippen LogP) is 4.19. The number of benzene rings is 3. The number of fused-ring (bicyclic) bond motifs is 1. The van der Waals surface area contributed by atoms with Crippen LogP contribution in [0.2, 0.25) is 0 Å². The summed E-state index contributed by atoms with van der Waals surface area (Å²) in [4.78, 5) is 13.1. The van der Waals surface area contributed by atoms with Crippen molar-refractivity contribution in [3.63, 3.8) is 0 Å². The first-order valence-corrected chi connectivity index (χ1v) is 10.1. The van der Waals surface area contributed by atoms with Crippen molar-refractivity contribution in [1.82, 2.24) is 5.32 Å². The normalized spacial score (nSPS) is 13.2. The van der Waals surface area contributed by atoms with Gasteiger partial charge in [0.1, 0.15) is 24.7 Å². The lowest BCUT2D eigenvalue weighted by molar-refractivity contribution is 0.0935. The van der Waals surface area contributed by atoms with E-state index in [0.717, 1.165) is 22.6 Å². The molecule has 4 rings (SSSR count). The van der Waals surface area contributed by atoms with Crippen molar-refractivity contribution in [3.8, 4) is 23.0 Å². The Balaban J connectivity index is 1.57. The number of hydrogen-bond acceptors (Lipinski definition) is 5. The second-order valence-corrected chi connectivity index (χ2v) is 7.21. The molecule has 0 bridgehead atoms. The zero-order chi connectivity index (χ0) is 21.6. The highest BCUT2D eigenvalue weighted by molar-refractivity contribution is 5.95. The van der Waals surface area contributed by atoms with Crippen LogP contribution < -0.4 is 24.3 Å². The molecule has 0 unspecified atom stereocenters. The molecule has 1 N–H and O–H groups in total. The summed E-state index contributed by atoms with van der Waals surface area (Å²) in [6, 6.07) is 20.6. The van der Waals surface area contributed by atoms with Crippen LogP contribution in [0, 0.1) is 0 Å². The molecule has 6 heteroatoms. The van der Waals surface area contributed by atoms with Gasteiger partial charge in [-0.05, 0) is 60.0 Å². The summed E-state index contributed by atoms with van der Waals surface area (Å²) in [5, 5.41) is 3.16. The number of hydrogen-bond donors (Lipinski definition) is 1. The fourth-order valence-electron chi connectivity index (χ4n) is 3.51. The molecule has 3 aromatic carbocycles. The van der Waals surface area contributed by atoms with E-state index in [0.29, 0.717) is 36.7 Å². The molecule has 1 amide bonds. The van der Waals surface area contributed by atoms with Gasteiger partial charge in [-0.2, -0.15) is 0 Å². The van der Waals surface area contributed by atoms with E-state index in [1.165, 1.54) is 0 Å². The third-order valence-corrected chi connectivity index (χ3v) is 5.23. The molecule has 0 saturated heterocycles. The average Bonchev–Trinajstić information content (AvgIpc) is 2.83. The zero-order valence-corrected chi connectivity index (χ0v) is 17.6. The Morgan fingerprint density at radius 1 is 0.871 bits per heavy atom. The summed E-state index contributed by atoms with van der Waals surface area (Å²) in [5.41, 5.74) is 2.60. The highest BCUT2D eigenvalue weighted by Crippen LogP contribution is 2.31. The molecule has 1 heterocycles. The number of nitrogens with one attached hydrogen (secondary N) is 1. The second-order valence-electron chi connectivity index (χ2n) is 7.21. The monoisotopic (exact) mass is 419 g/mol. The van der Waals surface area contributed by atoms with E-state index in [1.807, 2.05) is 48.5 Å². The second kappa shape index (κ2) is 9.43. The van der Waals surface area contributed by atoms with E-state index in [2.05, 4.69) is 5.32 Å². The van der Waals surface area contributed by atoms with Gasteiger partial charge in [-0.15, -0.1) is 0 Å². The Hall–Kier alpha value is -3.67. The molecular formula is C25H25NO5. The number of carbonyl (C=O) groups excluding carboxylic acids is 1. The Kier molecular flexibility index (Phi) is 6.26. The van der Waals surface area contributed by atoms with Gasteiger partial charge >= 0.3 is 0 Å². The third kappa shape index (κ3) is 4.91. The zero-order valence-electron chi connectivity index (χ0n) is 17.6. The quantitative estimate of drug-likeness (QED) is 0.622. The molecule has 1 aliphatic heterocycles. The van der Waals surface area contributed by atoms with Gasteiger partial charge in [-0.25, -0.2) is 0 Å². The van der Waals surface area contributed by atoms with Crippen LogP contribution in [0.5, 0.6) is 23.0 Å². The summed E-state index contributed by atoms with van der Waals surface area (Å²) in [6.07, 6.45) is 0.632. The summed E-state index contributed by atoms with van der Waals surface area (Å²) in [7, 11) is 3.27. The number of carbonyl (C=O) groups is 1. The van der Waals surface area contributed by atoms with Gasteiger partial charge in [0.05, 0.1) is 20.3 Å². The first kappa shape index (κ1) is 20.6. The summed E-state index contributed by atoms with van der Waals surface area (Å²) < 4.78 is 21.7. The molecule has 0 radical (unpaired) electrons. The maximum absolute atomic E-state index is 13.1. The van der Waals surface area contributed by atoms with Crippen molar-refractivity contribution in [2.24, 2.45) is 0 Å². The van der Waals surface area contributed by atoms with Gasteiger partial charge in [0, 0.05) is 5.56 Å². The lowest BCUT2D eigenvalue weighted by Crippen LogP contribution is -2.30. The van der Waals surface area contributed by atoms with Crippen molar-refractivity contribution in [2.45, 2.75) is 12.5 Å². The third-order valence-electron chi connectivity index (χ3n) is 5.23. The van der Waals surface area contributed by atoms with Crippen LogP contribution in [-0.4, -0.2) is 33.3 Å². The molecule has 1 atom stereocenters. The SMILES string of the molecule is COc1ccc(C[C@H](NC(=O)c2ccc3c(c2)OCCO3)c2ccc(OC)cc2)cc1. The van der Waals surface area contributed by atoms with Crippen molar-refractivity contribution < 1.29 is 23.7 Å². The van der Waals surface area contributed by atoms with Gasteiger partial charge < -0.3 is 24.3 Å².